The van der Waals surface area contributed by atoms with Crippen molar-refractivity contribution in [2.75, 3.05) is 0 Å². The molecule has 0 fully saturated rings. The summed E-state index contributed by atoms with van der Waals surface area (Å²) in [5.74, 6) is 1.57. The Morgan fingerprint density at radius 2 is 1.70 bits per heavy atom. The van der Waals surface area contributed by atoms with Gasteiger partial charge in [-0.05, 0) is 36.8 Å². The van der Waals surface area contributed by atoms with Gasteiger partial charge in [-0.25, -0.2) is 0 Å². The molecule has 0 N–H and O–H groups in total. The average molecular weight is 259 g/mol. The highest BCUT2D eigenvalue weighted by Crippen LogP contribution is 2.31. The van der Waals surface area contributed by atoms with Gasteiger partial charge >= 0.3 is 0 Å². The maximum absolute atomic E-state index is 9.16. The molecule has 96 valence electrons. The Hall–Kier alpha value is -2.79. The Morgan fingerprint density at radius 3 is 2.45 bits per heavy atom. The van der Waals surface area contributed by atoms with Gasteiger partial charge in [0.25, 0.3) is 0 Å². The van der Waals surface area contributed by atoms with Crippen LogP contribution in [-0.2, 0) is 0 Å². The molecule has 3 rings (SSSR count). The Balaban J connectivity index is 2.11. The maximum atomic E-state index is 9.16. The molecular formula is C18H13NO. The van der Waals surface area contributed by atoms with Crippen LogP contribution in [0.5, 0.6) is 11.5 Å². The van der Waals surface area contributed by atoms with E-state index in [9.17, 15) is 0 Å². The second-order valence-corrected chi connectivity index (χ2v) is 4.69. The Bertz CT molecular complexity index is 815. The van der Waals surface area contributed by atoms with Crippen LogP contribution in [0.4, 0.5) is 0 Å². The standard InChI is InChI=1S/C18H13NO/c1-13-5-4-6-15(11-13)20-18-10-9-14(12-19)16-7-2-3-8-17(16)18/h2-11H,1H3. The number of nitriles is 1. The van der Waals surface area contributed by atoms with Crippen molar-refractivity contribution in [3.8, 4) is 17.6 Å². The molecule has 20 heavy (non-hydrogen) atoms. The van der Waals surface area contributed by atoms with Gasteiger partial charge in [-0.1, -0.05) is 36.4 Å². The van der Waals surface area contributed by atoms with E-state index in [1.165, 1.54) is 0 Å². The number of nitrogens with zero attached hydrogens (tertiary/aromatic N) is 1. The van der Waals surface area contributed by atoms with Crippen molar-refractivity contribution in [1.29, 1.82) is 5.26 Å². The first kappa shape index (κ1) is 12.3. The normalized spacial score (nSPS) is 10.2. The van der Waals surface area contributed by atoms with E-state index in [0.717, 1.165) is 27.8 Å². The van der Waals surface area contributed by atoms with Crippen LogP contribution in [0.15, 0.2) is 60.7 Å². The van der Waals surface area contributed by atoms with Crippen LogP contribution in [-0.4, -0.2) is 0 Å². The molecule has 0 amide bonds. The van der Waals surface area contributed by atoms with E-state index in [4.69, 9.17) is 10.00 Å². The lowest BCUT2D eigenvalue weighted by molar-refractivity contribution is 0.488. The lowest BCUT2D eigenvalue weighted by Gasteiger charge is -2.10. The Kier molecular flexibility index (Phi) is 3.10. The molecule has 0 atom stereocenters. The predicted molar refractivity (Wildman–Crippen MR) is 79.9 cm³/mol. The van der Waals surface area contributed by atoms with E-state index < -0.39 is 0 Å². The second-order valence-electron chi connectivity index (χ2n) is 4.69. The van der Waals surface area contributed by atoms with Crippen molar-refractivity contribution in [1.82, 2.24) is 0 Å². The molecule has 0 spiro atoms. The molecule has 0 unspecified atom stereocenters. The molecule has 0 aliphatic rings. The van der Waals surface area contributed by atoms with Gasteiger partial charge in [-0.15, -0.1) is 0 Å². The Labute approximate surface area is 117 Å². The summed E-state index contributed by atoms with van der Waals surface area (Å²) in [6.45, 7) is 2.03. The van der Waals surface area contributed by atoms with Crippen molar-refractivity contribution in [3.63, 3.8) is 0 Å². The maximum Gasteiger partial charge on any atom is 0.135 e. The summed E-state index contributed by atoms with van der Waals surface area (Å²) in [4.78, 5) is 0. The van der Waals surface area contributed by atoms with Crippen molar-refractivity contribution in [2.45, 2.75) is 6.92 Å². The van der Waals surface area contributed by atoms with Gasteiger partial charge < -0.3 is 4.74 Å². The van der Waals surface area contributed by atoms with E-state index in [1.54, 1.807) is 6.07 Å². The minimum atomic E-state index is 0.664. The van der Waals surface area contributed by atoms with Crippen LogP contribution in [0.25, 0.3) is 10.8 Å². The minimum Gasteiger partial charge on any atom is -0.457 e. The van der Waals surface area contributed by atoms with E-state index in [-0.39, 0.29) is 0 Å². The zero-order chi connectivity index (χ0) is 13.9. The number of hydrogen-bond acceptors (Lipinski definition) is 2. The van der Waals surface area contributed by atoms with Crippen LogP contribution in [0.3, 0.4) is 0 Å². The predicted octanol–water partition coefficient (Wildman–Crippen LogP) is 4.81. The fraction of sp³-hybridized carbons (Fsp3) is 0.0556. The molecule has 0 saturated heterocycles. The average Bonchev–Trinajstić information content (AvgIpc) is 2.48. The van der Waals surface area contributed by atoms with Gasteiger partial charge in [0, 0.05) is 10.8 Å². The van der Waals surface area contributed by atoms with Gasteiger partial charge in [-0.3, -0.25) is 0 Å². The smallest absolute Gasteiger partial charge is 0.135 e. The molecule has 2 nitrogen and oxygen atoms in total. The summed E-state index contributed by atoms with van der Waals surface area (Å²) in [6, 6.07) is 21.6. The molecule has 3 aromatic carbocycles. The highest BCUT2D eigenvalue weighted by Gasteiger charge is 2.07. The molecule has 0 aliphatic carbocycles. The van der Waals surface area contributed by atoms with E-state index in [0.29, 0.717) is 5.56 Å². The highest BCUT2D eigenvalue weighted by atomic mass is 16.5. The van der Waals surface area contributed by atoms with Gasteiger partial charge in [0.15, 0.2) is 0 Å². The fourth-order valence-electron chi connectivity index (χ4n) is 2.26. The SMILES string of the molecule is Cc1cccc(Oc2ccc(C#N)c3ccccc23)c1. The van der Waals surface area contributed by atoms with E-state index in [2.05, 4.69) is 6.07 Å². The summed E-state index contributed by atoms with van der Waals surface area (Å²) in [7, 11) is 0. The van der Waals surface area contributed by atoms with Gasteiger partial charge in [0.05, 0.1) is 11.6 Å². The quantitative estimate of drug-likeness (QED) is 0.661. The molecule has 3 aromatic rings. The topological polar surface area (TPSA) is 33.0 Å². The molecular weight excluding hydrogens is 246 g/mol. The number of fused-ring (bicyclic) bond motifs is 1. The zero-order valence-electron chi connectivity index (χ0n) is 11.1. The van der Waals surface area contributed by atoms with Crippen molar-refractivity contribution in [2.24, 2.45) is 0 Å². The first-order chi connectivity index (χ1) is 9.78. The molecule has 2 heteroatoms. The number of hydrogen-bond donors (Lipinski definition) is 0. The van der Waals surface area contributed by atoms with Crippen molar-refractivity contribution >= 4 is 10.8 Å². The lowest BCUT2D eigenvalue weighted by atomic mass is 10.0. The molecule has 0 bridgehead atoms. The molecule has 0 saturated carbocycles. The Morgan fingerprint density at radius 1 is 0.900 bits per heavy atom. The van der Waals surface area contributed by atoms with Crippen LogP contribution >= 0.6 is 0 Å². The largest absolute Gasteiger partial charge is 0.457 e. The second kappa shape index (κ2) is 5.07. The summed E-state index contributed by atoms with van der Waals surface area (Å²) in [5.41, 5.74) is 1.82. The molecule has 0 aromatic heterocycles. The highest BCUT2D eigenvalue weighted by molar-refractivity contribution is 5.92. The van der Waals surface area contributed by atoms with Crippen LogP contribution in [0, 0.1) is 18.3 Å². The first-order valence-electron chi connectivity index (χ1n) is 6.44. The molecule has 0 heterocycles. The fourth-order valence-corrected chi connectivity index (χ4v) is 2.26. The number of rotatable bonds is 2. The summed E-state index contributed by atoms with van der Waals surface area (Å²) in [5, 5.41) is 11.0. The third-order valence-corrected chi connectivity index (χ3v) is 3.22. The number of aryl methyl sites for hydroxylation is 1. The zero-order valence-corrected chi connectivity index (χ0v) is 11.1. The van der Waals surface area contributed by atoms with Gasteiger partial charge in [0.1, 0.15) is 11.5 Å². The summed E-state index contributed by atoms with van der Waals surface area (Å²) < 4.78 is 5.96. The van der Waals surface area contributed by atoms with Crippen LogP contribution < -0.4 is 4.74 Å². The van der Waals surface area contributed by atoms with E-state index >= 15 is 0 Å². The number of benzene rings is 3. The molecule has 0 radical (unpaired) electrons. The van der Waals surface area contributed by atoms with E-state index in [1.807, 2.05) is 61.5 Å². The van der Waals surface area contributed by atoms with Crippen molar-refractivity contribution < 1.29 is 4.74 Å². The third kappa shape index (κ3) is 2.22. The molecule has 0 aliphatic heterocycles. The first-order valence-corrected chi connectivity index (χ1v) is 6.44. The van der Waals surface area contributed by atoms with Crippen molar-refractivity contribution in [3.05, 3.63) is 71.8 Å². The summed E-state index contributed by atoms with van der Waals surface area (Å²) in [6.07, 6.45) is 0. The van der Waals surface area contributed by atoms with Gasteiger partial charge in [0.2, 0.25) is 0 Å². The van der Waals surface area contributed by atoms with Gasteiger partial charge in [-0.2, -0.15) is 5.26 Å². The summed E-state index contributed by atoms with van der Waals surface area (Å²) >= 11 is 0. The lowest BCUT2D eigenvalue weighted by Crippen LogP contribution is -1.88. The third-order valence-electron chi connectivity index (χ3n) is 3.22. The number of ether oxygens (including phenoxy) is 1. The van der Waals surface area contributed by atoms with Crippen LogP contribution in [0.1, 0.15) is 11.1 Å². The minimum absolute atomic E-state index is 0.664. The van der Waals surface area contributed by atoms with Crippen LogP contribution in [0.2, 0.25) is 0 Å². The monoisotopic (exact) mass is 259 g/mol.